The molecule has 6 bridgehead atoms. The first-order valence-electron chi connectivity index (χ1n) is 10.6. The van der Waals surface area contributed by atoms with Crippen LogP contribution in [0.5, 0.6) is 11.6 Å². The average molecular weight is 507 g/mol. The molecule has 0 spiro atoms. The van der Waals surface area contributed by atoms with E-state index in [1.165, 1.54) is 18.2 Å². The van der Waals surface area contributed by atoms with E-state index in [1.807, 2.05) is 32.0 Å². The number of aryl methyl sites for hydroxylation is 2. The third kappa shape index (κ3) is 4.43. The fourth-order valence-corrected chi connectivity index (χ4v) is 5.11. The zero-order valence-corrected chi connectivity index (χ0v) is 20.2. The van der Waals surface area contributed by atoms with Crippen LogP contribution in [0, 0.1) is 13.8 Å². The standard InChI is InChI=1S/C25H19ClN4O4S/c1-14-6-3-7-15(2)22(14)19-13-21-29-25(28-19)30-35(32,33)17-9-4-8-16(12-17)27-24(31)18-10-5-11-20(34-21)23(18)26/h3-13H,1-2H3,(H,27,31)(H,28,29,30). The minimum Gasteiger partial charge on any atom is -0.437 e. The largest absolute Gasteiger partial charge is 0.437 e. The van der Waals surface area contributed by atoms with E-state index in [1.54, 1.807) is 30.3 Å². The molecule has 0 unspecified atom stereocenters. The van der Waals surface area contributed by atoms with Crippen LogP contribution in [0.15, 0.2) is 71.6 Å². The van der Waals surface area contributed by atoms with E-state index >= 15 is 0 Å². The number of amides is 1. The van der Waals surface area contributed by atoms with Crippen molar-refractivity contribution in [3.63, 3.8) is 0 Å². The van der Waals surface area contributed by atoms with Crippen molar-refractivity contribution in [2.75, 3.05) is 10.0 Å². The molecule has 0 saturated heterocycles. The molecule has 176 valence electrons. The molecule has 1 aliphatic rings. The van der Waals surface area contributed by atoms with E-state index in [0.717, 1.165) is 16.7 Å². The number of nitrogens with zero attached hydrogens (tertiary/aromatic N) is 2. The Balaban J connectivity index is 1.75. The fraction of sp³-hybridized carbons (Fsp3) is 0.0800. The maximum atomic E-state index is 13.2. The van der Waals surface area contributed by atoms with Crippen LogP contribution >= 0.6 is 11.6 Å². The number of hydrogen-bond acceptors (Lipinski definition) is 6. The molecular formula is C25H19ClN4O4S. The van der Waals surface area contributed by atoms with Gasteiger partial charge in [-0.1, -0.05) is 41.9 Å². The van der Waals surface area contributed by atoms with Crippen molar-refractivity contribution in [1.29, 1.82) is 0 Å². The molecule has 4 aromatic rings. The Morgan fingerprint density at radius 1 is 0.914 bits per heavy atom. The van der Waals surface area contributed by atoms with E-state index in [9.17, 15) is 13.2 Å². The fourth-order valence-electron chi connectivity index (χ4n) is 3.87. The number of anilines is 2. The predicted molar refractivity (Wildman–Crippen MR) is 134 cm³/mol. The molecule has 0 aliphatic carbocycles. The number of ether oxygens (including phenoxy) is 1. The number of nitrogens with one attached hydrogen (secondary N) is 2. The number of rotatable bonds is 1. The lowest BCUT2D eigenvalue weighted by atomic mass is 10.00. The van der Waals surface area contributed by atoms with Crippen molar-refractivity contribution in [1.82, 2.24) is 9.97 Å². The highest BCUT2D eigenvalue weighted by Gasteiger charge is 2.22. The summed E-state index contributed by atoms with van der Waals surface area (Å²) >= 11 is 6.52. The van der Waals surface area contributed by atoms with E-state index in [-0.39, 0.29) is 38.7 Å². The number of benzene rings is 3. The van der Waals surface area contributed by atoms with Crippen molar-refractivity contribution in [2.45, 2.75) is 18.7 Å². The molecule has 3 aromatic carbocycles. The van der Waals surface area contributed by atoms with Crippen molar-refractivity contribution >= 4 is 39.2 Å². The van der Waals surface area contributed by atoms with Gasteiger partial charge in [-0.3, -0.25) is 4.79 Å². The number of aromatic nitrogens is 2. The van der Waals surface area contributed by atoms with Crippen LogP contribution < -0.4 is 14.8 Å². The number of hydrogen-bond donors (Lipinski definition) is 2. The normalized spacial score (nSPS) is 14.2. The summed E-state index contributed by atoms with van der Waals surface area (Å²) in [5.74, 6) is -0.441. The van der Waals surface area contributed by atoms with Crippen molar-refractivity contribution in [2.24, 2.45) is 0 Å². The molecule has 0 saturated carbocycles. The summed E-state index contributed by atoms with van der Waals surface area (Å²) in [7, 11) is -4.08. The van der Waals surface area contributed by atoms with Crippen LogP contribution in [0.25, 0.3) is 11.3 Å². The topological polar surface area (TPSA) is 110 Å². The summed E-state index contributed by atoms with van der Waals surface area (Å²) in [6.07, 6.45) is 0. The molecule has 1 aromatic heterocycles. The SMILES string of the molecule is Cc1cccc(C)c1-c1cc2nc(n1)NS(=O)(=O)c1cccc(c1)NC(=O)c1cccc(c1Cl)O2. The summed E-state index contributed by atoms with van der Waals surface area (Å²) in [5.41, 5.74) is 3.63. The van der Waals surface area contributed by atoms with E-state index in [4.69, 9.17) is 16.3 Å². The van der Waals surface area contributed by atoms with Gasteiger partial charge in [0.1, 0.15) is 5.75 Å². The Morgan fingerprint density at radius 2 is 1.63 bits per heavy atom. The molecule has 0 radical (unpaired) electrons. The van der Waals surface area contributed by atoms with Gasteiger partial charge in [-0.2, -0.15) is 4.98 Å². The van der Waals surface area contributed by atoms with Crippen LogP contribution in [-0.4, -0.2) is 24.3 Å². The maximum Gasteiger partial charge on any atom is 0.264 e. The van der Waals surface area contributed by atoms with Crippen LogP contribution in [0.2, 0.25) is 5.02 Å². The molecule has 2 heterocycles. The maximum absolute atomic E-state index is 13.2. The highest BCUT2D eigenvalue weighted by Crippen LogP contribution is 2.35. The molecule has 35 heavy (non-hydrogen) atoms. The third-order valence-corrected chi connectivity index (χ3v) is 7.21. The average Bonchev–Trinajstić information content (AvgIpc) is 2.79. The predicted octanol–water partition coefficient (Wildman–Crippen LogP) is 5.57. The third-order valence-electron chi connectivity index (χ3n) is 5.49. The summed E-state index contributed by atoms with van der Waals surface area (Å²) in [6.45, 7) is 3.87. The lowest BCUT2D eigenvalue weighted by Crippen LogP contribution is -2.17. The first-order chi connectivity index (χ1) is 16.7. The Labute approximate surface area is 207 Å². The van der Waals surface area contributed by atoms with Gasteiger partial charge in [-0.25, -0.2) is 18.1 Å². The molecule has 10 heteroatoms. The second kappa shape index (κ2) is 8.68. The van der Waals surface area contributed by atoms with E-state index in [2.05, 4.69) is 20.0 Å². The number of halogens is 1. The highest BCUT2D eigenvalue weighted by atomic mass is 35.5. The second-order valence-corrected chi connectivity index (χ2v) is 10.0. The molecule has 1 amide bonds. The van der Waals surface area contributed by atoms with Crippen molar-refractivity contribution in [3.05, 3.63) is 88.4 Å². The van der Waals surface area contributed by atoms with Crippen LogP contribution in [0.4, 0.5) is 11.6 Å². The van der Waals surface area contributed by atoms with Gasteiger partial charge >= 0.3 is 0 Å². The van der Waals surface area contributed by atoms with Gasteiger partial charge in [-0.15, -0.1) is 0 Å². The molecular weight excluding hydrogens is 488 g/mol. The van der Waals surface area contributed by atoms with Gasteiger partial charge in [0, 0.05) is 17.3 Å². The van der Waals surface area contributed by atoms with Gasteiger partial charge in [0.2, 0.25) is 11.8 Å². The minimum atomic E-state index is -4.08. The van der Waals surface area contributed by atoms with Crippen molar-refractivity contribution < 1.29 is 17.9 Å². The molecule has 1 aliphatic heterocycles. The number of fused-ring (bicyclic) bond motifs is 6. The Bertz CT molecular complexity index is 1590. The van der Waals surface area contributed by atoms with Crippen molar-refractivity contribution in [3.8, 4) is 22.9 Å². The van der Waals surface area contributed by atoms with E-state index in [0.29, 0.717) is 5.69 Å². The lowest BCUT2D eigenvalue weighted by molar-refractivity contribution is 0.102. The summed E-state index contributed by atoms with van der Waals surface area (Å²) in [5, 5.41) is 2.76. The zero-order valence-electron chi connectivity index (χ0n) is 18.7. The number of carbonyl (C=O) groups excluding carboxylic acids is 1. The number of carbonyl (C=O) groups is 1. The summed E-state index contributed by atoms with van der Waals surface area (Å²) in [4.78, 5) is 21.6. The second-order valence-electron chi connectivity index (χ2n) is 7.99. The zero-order chi connectivity index (χ0) is 24.7. The minimum absolute atomic E-state index is 0.0561. The molecule has 0 fully saturated rings. The first-order valence-corrected chi connectivity index (χ1v) is 12.4. The van der Waals surface area contributed by atoms with Gasteiger partial charge in [0.05, 0.1) is 21.2 Å². The smallest absolute Gasteiger partial charge is 0.264 e. The summed E-state index contributed by atoms with van der Waals surface area (Å²) < 4.78 is 34.7. The van der Waals surface area contributed by atoms with Crippen LogP contribution in [-0.2, 0) is 10.0 Å². The number of sulfonamides is 1. The van der Waals surface area contributed by atoms with Gasteiger partial charge < -0.3 is 10.1 Å². The van der Waals surface area contributed by atoms with Crippen LogP contribution in [0.1, 0.15) is 21.5 Å². The van der Waals surface area contributed by atoms with E-state index < -0.39 is 15.9 Å². The molecule has 8 nitrogen and oxygen atoms in total. The quantitative estimate of drug-likeness (QED) is 0.349. The summed E-state index contributed by atoms with van der Waals surface area (Å²) in [6, 6.07) is 18.0. The first kappa shape index (κ1) is 22.8. The Hall–Kier alpha value is -3.95. The Morgan fingerprint density at radius 3 is 2.40 bits per heavy atom. The highest BCUT2D eigenvalue weighted by molar-refractivity contribution is 7.92. The monoisotopic (exact) mass is 506 g/mol. The molecule has 0 atom stereocenters. The molecule has 2 N–H and O–H groups in total. The van der Waals surface area contributed by atoms with Gasteiger partial charge in [0.25, 0.3) is 15.9 Å². The Kier molecular flexibility index (Phi) is 5.66. The van der Waals surface area contributed by atoms with Crippen LogP contribution in [0.3, 0.4) is 0 Å². The van der Waals surface area contributed by atoms with Gasteiger partial charge in [0.15, 0.2) is 0 Å². The van der Waals surface area contributed by atoms with Gasteiger partial charge in [-0.05, 0) is 55.3 Å². The molecule has 5 rings (SSSR count). The lowest BCUT2D eigenvalue weighted by Gasteiger charge is -2.16.